The van der Waals surface area contributed by atoms with Crippen LogP contribution in [0.25, 0.3) is 0 Å². The third-order valence-electron chi connectivity index (χ3n) is 3.36. The number of rotatable bonds is 5. The standard InChI is InChI=1S/C17H18Br2N2O2/c1-11(2-3-12-4-7-14(22)8-5-12)20-17(23)21-16-10-13(18)6-9-15(16)19/h4-11,22H,2-3H2,1H3,(H2,20,21,23). The van der Waals surface area contributed by atoms with Gasteiger partial charge in [-0.25, -0.2) is 4.79 Å². The fourth-order valence-electron chi connectivity index (χ4n) is 2.09. The molecule has 0 aliphatic carbocycles. The monoisotopic (exact) mass is 440 g/mol. The van der Waals surface area contributed by atoms with Gasteiger partial charge in [-0.3, -0.25) is 0 Å². The van der Waals surface area contributed by atoms with E-state index in [9.17, 15) is 9.90 Å². The van der Waals surface area contributed by atoms with Crippen LogP contribution in [0.4, 0.5) is 10.5 Å². The zero-order chi connectivity index (χ0) is 16.8. The first kappa shape index (κ1) is 17.8. The van der Waals surface area contributed by atoms with Gasteiger partial charge in [0.25, 0.3) is 0 Å². The van der Waals surface area contributed by atoms with Crippen LogP contribution in [0.1, 0.15) is 18.9 Å². The van der Waals surface area contributed by atoms with E-state index >= 15 is 0 Å². The Hall–Kier alpha value is -1.53. The third kappa shape index (κ3) is 5.88. The van der Waals surface area contributed by atoms with Gasteiger partial charge in [0.05, 0.1) is 5.69 Å². The second kappa shape index (κ2) is 8.36. The lowest BCUT2D eigenvalue weighted by Gasteiger charge is -2.15. The lowest BCUT2D eigenvalue weighted by atomic mass is 10.1. The molecule has 1 unspecified atom stereocenters. The van der Waals surface area contributed by atoms with Crippen molar-refractivity contribution in [3.63, 3.8) is 0 Å². The summed E-state index contributed by atoms with van der Waals surface area (Å²) in [4.78, 5) is 12.1. The number of phenolic OH excluding ortho intramolecular Hbond substituents is 1. The summed E-state index contributed by atoms with van der Waals surface area (Å²) in [6.45, 7) is 1.97. The predicted molar refractivity (Wildman–Crippen MR) is 99.9 cm³/mol. The number of urea groups is 1. The Labute approximate surface area is 152 Å². The molecule has 2 amide bonds. The molecule has 0 aliphatic heterocycles. The van der Waals surface area contributed by atoms with Gasteiger partial charge in [-0.15, -0.1) is 0 Å². The van der Waals surface area contributed by atoms with Gasteiger partial charge < -0.3 is 15.7 Å². The molecule has 0 aromatic heterocycles. The van der Waals surface area contributed by atoms with E-state index in [4.69, 9.17) is 0 Å². The highest BCUT2D eigenvalue weighted by atomic mass is 79.9. The minimum Gasteiger partial charge on any atom is -0.508 e. The maximum Gasteiger partial charge on any atom is 0.319 e. The van der Waals surface area contributed by atoms with Gasteiger partial charge in [0.15, 0.2) is 0 Å². The highest BCUT2D eigenvalue weighted by Gasteiger charge is 2.09. The number of amides is 2. The zero-order valence-electron chi connectivity index (χ0n) is 12.6. The van der Waals surface area contributed by atoms with Crippen LogP contribution in [0.15, 0.2) is 51.4 Å². The van der Waals surface area contributed by atoms with Crippen molar-refractivity contribution in [3.8, 4) is 5.75 Å². The van der Waals surface area contributed by atoms with Crippen molar-refractivity contribution in [2.75, 3.05) is 5.32 Å². The number of aryl methyl sites for hydroxylation is 1. The molecule has 122 valence electrons. The molecule has 0 radical (unpaired) electrons. The molecule has 4 nitrogen and oxygen atoms in total. The van der Waals surface area contributed by atoms with Crippen LogP contribution in [-0.4, -0.2) is 17.2 Å². The van der Waals surface area contributed by atoms with Gasteiger partial charge in [-0.1, -0.05) is 28.1 Å². The minimum atomic E-state index is -0.234. The van der Waals surface area contributed by atoms with Crippen LogP contribution in [0.2, 0.25) is 0 Å². The number of halogens is 2. The van der Waals surface area contributed by atoms with E-state index < -0.39 is 0 Å². The van der Waals surface area contributed by atoms with Gasteiger partial charge in [0, 0.05) is 15.0 Å². The van der Waals surface area contributed by atoms with Crippen molar-refractivity contribution in [2.24, 2.45) is 0 Å². The minimum absolute atomic E-state index is 0.0368. The predicted octanol–water partition coefficient (Wildman–Crippen LogP) is 5.06. The average molecular weight is 442 g/mol. The van der Waals surface area contributed by atoms with Crippen LogP contribution in [-0.2, 0) is 6.42 Å². The Balaban J connectivity index is 1.82. The molecule has 23 heavy (non-hydrogen) atoms. The maximum atomic E-state index is 12.1. The Kier molecular flexibility index (Phi) is 6.47. The molecule has 0 saturated heterocycles. The number of carbonyl (C=O) groups excluding carboxylic acids is 1. The Bertz CT molecular complexity index is 675. The van der Waals surface area contributed by atoms with Crippen LogP contribution >= 0.6 is 31.9 Å². The smallest absolute Gasteiger partial charge is 0.319 e. The molecule has 3 N–H and O–H groups in total. The third-order valence-corrected chi connectivity index (χ3v) is 4.54. The number of nitrogens with one attached hydrogen (secondary N) is 2. The largest absolute Gasteiger partial charge is 0.508 e. The van der Waals surface area contributed by atoms with Crippen molar-refractivity contribution < 1.29 is 9.90 Å². The van der Waals surface area contributed by atoms with E-state index in [1.807, 2.05) is 37.3 Å². The second-order valence-electron chi connectivity index (χ2n) is 5.33. The highest BCUT2D eigenvalue weighted by Crippen LogP contribution is 2.26. The van der Waals surface area contributed by atoms with Crippen molar-refractivity contribution >= 4 is 43.6 Å². The number of hydrogen-bond acceptors (Lipinski definition) is 2. The van der Waals surface area contributed by atoms with Crippen molar-refractivity contribution in [3.05, 3.63) is 57.0 Å². The highest BCUT2D eigenvalue weighted by molar-refractivity contribution is 9.11. The van der Waals surface area contributed by atoms with Crippen molar-refractivity contribution in [2.45, 2.75) is 25.8 Å². The number of benzene rings is 2. The molecule has 0 aliphatic rings. The summed E-state index contributed by atoms with van der Waals surface area (Å²) in [6.07, 6.45) is 1.65. The van der Waals surface area contributed by atoms with Gasteiger partial charge in [-0.2, -0.15) is 0 Å². The molecule has 0 fully saturated rings. The molecule has 2 aromatic rings. The van der Waals surface area contributed by atoms with Crippen LogP contribution in [0.5, 0.6) is 5.75 Å². The zero-order valence-corrected chi connectivity index (χ0v) is 15.8. The molecule has 0 spiro atoms. The van der Waals surface area contributed by atoms with Gasteiger partial charge in [0.2, 0.25) is 0 Å². The van der Waals surface area contributed by atoms with Crippen LogP contribution in [0, 0.1) is 0 Å². The molecule has 0 bridgehead atoms. The van der Waals surface area contributed by atoms with E-state index in [-0.39, 0.29) is 17.8 Å². The second-order valence-corrected chi connectivity index (χ2v) is 7.10. The topological polar surface area (TPSA) is 61.4 Å². The summed E-state index contributed by atoms with van der Waals surface area (Å²) in [5, 5.41) is 15.0. The van der Waals surface area contributed by atoms with Gasteiger partial charge in [-0.05, 0) is 71.6 Å². The van der Waals surface area contributed by atoms with E-state index in [1.54, 1.807) is 12.1 Å². The number of aromatic hydroxyl groups is 1. The average Bonchev–Trinajstić information content (AvgIpc) is 2.50. The molecule has 1 atom stereocenters. The number of hydrogen-bond donors (Lipinski definition) is 3. The fourth-order valence-corrected chi connectivity index (χ4v) is 2.80. The van der Waals surface area contributed by atoms with Crippen LogP contribution < -0.4 is 10.6 Å². The summed E-state index contributed by atoms with van der Waals surface area (Å²) >= 11 is 6.79. The Morgan fingerprint density at radius 3 is 2.57 bits per heavy atom. The number of anilines is 1. The maximum absolute atomic E-state index is 12.1. The first-order valence-corrected chi connectivity index (χ1v) is 8.83. The normalized spacial score (nSPS) is 11.8. The molecule has 2 rings (SSSR count). The lowest BCUT2D eigenvalue weighted by molar-refractivity contribution is 0.248. The van der Waals surface area contributed by atoms with Gasteiger partial charge >= 0.3 is 6.03 Å². The molecular weight excluding hydrogens is 424 g/mol. The molecule has 6 heteroatoms. The molecular formula is C17H18Br2N2O2. The fraction of sp³-hybridized carbons (Fsp3) is 0.235. The van der Waals surface area contributed by atoms with Crippen molar-refractivity contribution in [1.29, 1.82) is 0 Å². The SMILES string of the molecule is CC(CCc1ccc(O)cc1)NC(=O)Nc1cc(Br)ccc1Br. The summed E-state index contributed by atoms with van der Waals surface area (Å²) in [6, 6.07) is 12.5. The molecule has 2 aromatic carbocycles. The summed E-state index contributed by atoms with van der Waals surface area (Å²) < 4.78 is 1.73. The summed E-state index contributed by atoms with van der Waals surface area (Å²) in [5.74, 6) is 0.263. The van der Waals surface area contributed by atoms with Gasteiger partial charge in [0.1, 0.15) is 5.75 Å². The molecule has 0 heterocycles. The van der Waals surface area contributed by atoms with E-state index in [0.717, 1.165) is 27.4 Å². The van der Waals surface area contributed by atoms with E-state index in [2.05, 4.69) is 42.5 Å². The summed E-state index contributed by atoms with van der Waals surface area (Å²) in [7, 11) is 0. The number of carbonyl (C=O) groups is 1. The van der Waals surface area contributed by atoms with E-state index in [0.29, 0.717) is 5.69 Å². The first-order chi connectivity index (χ1) is 10.9. The van der Waals surface area contributed by atoms with Crippen LogP contribution in [0.3, 0.4) is 0 Å². The molecule has 0 saturated carbocycles. The lowest BCUT2D eigenvalue weighted by Crippen LogP contribution is -2.36. The Morgan fingerprint density at radius 2 is 1.87 bits per heavy atom. The summed E-state index contributed by atoms with van der Waals surface area (Å²) in [5.41, 5.74) is 1.84. The quantitative estimate of drug-likeness (QED) is 0.607. The van der Waals surface area contributed by atoms with E-state index in [1.165, 1.54) is 0 Å². The Morgan fingerprint density at radius 1 is 1.17 bits per heavy atom. The number of phenols is 1. The van der Waals surface area contributed by atoms with Crippen molar-refractivity contribution in [1.82, 2.24) is 5.32 Å². The first-order valence-electron chi connectivity index (χ1n) is 7.24.